The van der Waals surface area contributed by atoms with E-state index in [2.05, 4.69) is 41.3 Å². The van der Waals surface area contributed by atoms with Gasteiger partial charge >= 0.3 is 0 Å². The number of nitrogens with zero attached hydrogens (tertiary/aromatic N) is 2. The van der Waals surface area contributed by atoms with E-state index in [1.54, 1.807) is 0 Å². The number of hydrogen-bond acceptors (Lipinski definition) is 3. The van der Waals surface area contributed by atoms with E-state index in [-0.39, 0.29) is 0 Å². The predicted octanol–water partition coefficient (Wildman–Crippen LogP) is 2.73. The van der Waals surface area contributed by atoms with Gasteiger partial charge in [-0.1, -0.05) is 25.8 Å². The molecule has 112 valence electrons. The maximum absolute atomic E-state index is 4.41. The van der Waals surface area contributed by atoms with Crippen molar-refractivity contribution in [2.75, 3.05) is 33.2 Å². The van der Waals surface area contributed by atoms with Crippen LogP contribution in [0.3, 0.4) is 0 Å². The fraction of sp³-hybridized carbons (Fsp3) is 0.706. The van der Waals surface area contributed by atoms with Gasteiger partial charge in [0.05, 0.1) is 0 Å². The lowest BCUT2D eigenvalue weighted by Gasteiger charge is -2.34. The Kier molecular flexibility index (Phi) is 5.99. The van der Waals surface area contributed by atoms with Gasteiger partial charge in [0.2, 0.25) is 0 Å². The van der Waals surface area contributed by atoms with Crippen molar-refractivity contribution < 1.29 is 0 Å². The summed E-state index contributed by atoms with van der Waals surface area (Å²) in [6.07, 6.45) is 8.51. The van der Waals surface area contributed by atoms with E-state index in [1.165, 1.54) is 44.5 Å². The lowest BCUT2D eigenvalue weighted by molar-refractivity contribution is 0.174. The van der Waals surface area contributed by atoms with Crippen molar-refractivity contribution in [3.05, 3.63) is 30.1 Å². The largest absolute Gasteiger partial charge is 0.316 e. The Labute approximate surface area is 123 Å². The minimum Gasteiger partial charge on any atom is -0.316 e. The van der Waals surface area contributed by atoms with E-state index in [4.69, 9.17) is 0 Å². The third kappa shape index (κ3) is 4.57. The number of pyridine rings is 1. The molecule has 1 N–H and O–H groups in total. The fourth-order valence-electron chi connectivity index (χ4n) is 3.41. The maximum Gasteiger partial charge on any atom is 0.0416 e. The molecule has 1 aromatic heterocycles. The van der Waals surface area contributed by atoms with Gasteiger partial charge in [-0.25, -0.2) is 0 Å². The predicted molar refractivity (Wildman–Crippen MR) is 84.9 cm³/mol. The SMILES string of the molecule is CCNCC1(CN(C)CCc2ccccn2)CCCC1. The zero-order valence-electron chi connectivity index (χ0n) is 13.1. The summed E-state index contributed by atoms with van der Waals surface area (Å²) >= 11 is 0. The summed E-state index contributed by atoms with van der Waals surface area (Å²) in [6, 6.07) is 6.18. The van der Waals surface area contributed by atoms with Crippen molar-refractivity contribution in [1.82, 2.24) is 15.2 Å². The Morgan fingerprint density at radius 3 is 2.75 bits per heavy atom. The molecule has 0 atom stereocenters. The summed E-state index contributed by atoms with van der Waals surface area (Å²) in [6.45, 7) is 6.78. The smallest absolute Gasteiger partial charge is 0.0416 e. The van der Waals surface area contributed by atoms with Gasteiger partial charge in [-0.15, -0.1) is 0 Å². The molecule has 0 aliphatic heterocycles. The molecule has 1 fully saturated rings. The van der Waals surface area contributed by atoms with E-state index in [1.807, 2.05) is 12.3 Å². The number of hydrogen-bond donors (Lipinski definition) is 1. The quantitative estimate of drug-likeness (QED) is 0.790. The molecule has 20 heavy (non-hydrogen) atoms. The molecule has 0 aromatic carbocycles. The molecule has 2 rings (SSSR count). The van der Waals surface area contributed by atoms with Crippen LogP contribution in [0.1, 0.15) is 38.3 Å². The topological polar surface area (TPSA) is 28.2 Å². The van der Waals surface area contributed by atoms with E-state index in [9.17, 15) is 0 Å². The average molecular weight is 275 g/mol. The summed E-state index contributed by atoms with van der Waals surface area (Å²) < 4.78 is 0. The van der Waals surface area contributed by atoms with E-state index >= 15 is 0 Å². The molecule has 1 heterocycles. The van der Waals surface area contributed by atoms with Crippen molar-refractivity contribution in [3.63, 3.8) is 0 Å². The zero-order valence-corrected chi connectivity index (χ0v) is 13.1. The van der Waals surface area contributed by atoms with Gasteiger partial charge < -0.3 is 10.2 Å². The number of rotatable bonds is 8. The molecule has 3 nitrogen and oxygen atoms in total. The van der Waals surface area contributed by atoms with E-state index < -0.39 is 0 Å². The first kappa shape index (κ1) is 15.5. The second-order valence-corrected chi connectivity index (χ2v) is 6.30. The third-order valence-electron chi connectivity index (χ3n) is 4.50. The molecule has 1 aliphatic carbocycles. The first-order valence-corrected chi connectivity index (χ1v) is 8.03. The van der Waals surface area contributed by atoms with E-state index in [0.717, 1.165) is 19.5 Å². The molecule has 0 bridgehead atoms. The monoisotopic (exact) mass is 275 g/mol. The van der Waals surface area contributed by atoms with Gasteiger partial charge in [-0.3, -0.25) is 4.98 Å². The molecule has 0 saturated heterocycles. The van der Waals surface area contributed by atoms with E-state index in [0.29, 0.717) is 5.41 Å². The number of likely N-dealkylation sites (N-methyl/N-ethyl adjacent to an activating group) is 1. The fourth-order valence-corrected chi connectivity index (χ4v) is 3.41. The van der Waals surface area contributed by atoms with Crippen LogP contribution in [0.25, 0.3) is 0 Å². The molecule has 0 spiro atoms. The molecular weight excluding hydrogens is 246 g/mol. The number of nitrogens with one attached hydrogen (secondary N) is 1. The number of aromatic nitrogens is 1. The Balaban J connectivity index is 1.81. The van der Waals surface area contributed by atoms with Crippen LogP contribution in [0.4, 0.5) is 0 Å². The van der Waals surface area contributed by atoms with Crippen LogP contribution in [0, 0.1) is 5.41 Å². The van der Waals surface area contributed by atoms with Crippen LogP contribution in [0.5, 0.6) is 0 Å². The minimum absolute atomic E-state index is 0.509. The minimum atomic E-state index is 0.509. The molecule has 0 unspecified atom stereocenters. The summed E-state index contributed by atoms with van der Waals surface area (Å²) in [5.41, 5.74) is 1.71. The summed E-state index contributed by atoms with van der Waals surface area (Å²) in [5.74, 6) is 0. The van der Waals surface area contributed by atoms with Crippen LogP contribution in [-0.4, -0.2) is 43.1 Å². The highest BCUT2D eigenvalue weighted by molar-refractivity contribution is 5.03. The zero-order chi connectivity index (χ0) is 14.3. The van der Waals surface area contributed by atoms with Gasteiger partial charge in [0, 0.05) is 37.9 Å². The van der Waals surface area contributed by atoms with Gasteiger partial charge in [0.15, 0.2) is 0 Å². The average Bonchev–Trinajstić information content (AvgIpc) is 2.93. The van der Waals surface area contributed by atoms with Gasteiger partial charge in [0.25, 0.3) is 0 Å². The molecule has 1 aromatic rings. The maximum atomic E-state index is 4.41. The van der Waals surface area contributed by atoms with Gasteiger partial charge in [-0.05, 0) is 44.0 Å². The third-order valence-corrected chi connectivity index (χ3v) is 4.50. The highest BCUT2D eigenvalue weighted by atomic mass is 15.1. The highest BCUT2D eigenvalue weighted by Gasteiger charge is 2.34. The molecule has 1 saturated carbocycles. The van der Waals surface area contributed by atoms with Crippen molar-refractivity contribution >= 4 is 0 Å². The first-order chi connectivity index (χ1) is 9.74. The second-order valence-electron chi connectivity index (χ2n) is 6.30. The summed E-state index contributed by atoms with van der Waals surface area (Å²) in [7, 11) is 2.26. The van der Waals surface area contributed by atoms with Crippen LogP contribution < -0.4 is 5.32 Å². The molecular formula is C17H29N3. The Morgan fingerprint density at radius 2 is 2.10 bits per heavy atom. The normalized spacial score (nSPS) is 17.8. The lowest BCUT2D eigenvalue weighted by atomic mass is 9.85. The molecule has 0 radical (unpaired) electrons. The Hall–Kier alpha value is -0.930. The lowest BCUT2D eigenvalue weighted by Crippen LogP contribution is -2.41. The molecule has 0 amide bonds. The molecule has 1 aliphatic rings. The summed E-state index contributed by atoms with van der Waals surface area (Å²) in [5, 5.41) is 3.57. The Bertz CT molecular complexity index is 371. The summed E-state index contributed by atoms with van der Waals surface area (Å²) in [4.78, 5) is 6.91. The Morgan fingerprint density at radius 1 is 1.30 bits per heavy atom. The molecule has 3 heteroatoms. The van der Waals surface area contributed by atoms with Crippen LogP contribution in [-0.2, 0) is 6.42 Å². The van der Waals surface area contributed by atoms with Crippen molar-refractivity contribution in [2.45, 2.75) is 39.0 Å². The van der Waals surface area contributed by atoms with Crippen LogP contribution in [0.15, 0.2) is 24.4 Å². The standard InChI is InChI=1S/C17H29N3/c1-3-18-14-17(10-5-6-11-17)15-20(2)13-9-16-8-4-7-12-19-16/h4,7-8,12,18H,3,5-6,9-11,13-15H2,1-2H3. The van der Waals surface area contributed by atoms with Crippen LogP contribution >= 0.6 is 0 Å². The van der Waals surface area contributed by atoms with Crippen molar-refractivity contribution in [3.8, 4) is 0 Å². The van der Waals surface area contributed by atoms with Crippen molar-refractivity contribution in [1.29, 1.82) is 0 Å². The highest BCUT2D eigenvalue weighted by Crippen LogP contribution is 2.38. The van der Waals surface area contributed by atoms with Crippen molar-refractivity contribution in [2.24, 2.45) is 5.41 Å². The second kappa shape index (κ2) is 7.75. The van der Waals surface area contributed by atoms with Crippen LogP contribution in [0.2, 0.25) is 0 Å². The van der Waals surface area contributed by atoms with Gasteiger partial charge in [-0.2, -0.15) is 0 Å². The van der Waals surface area contributed by atoms with Gasteiger partial charge in [0.1, 0.15) is 0 Å². The first-order valence-electron chi connectivity index (χ1n) is 8.03.